The molecule has 37 heavy (non-hydrogen) atoms. The normalized spacial score (nSPS) is 15.7. The average Bonchev–Trinajstić information content (AvgIpc) is 3.35. The van der Waals surface area contributed by atoms with Gasteiger partial charge in [-0.15, -0.1) is 0 Å². The molecule has 10 heteroatoms. The molecule has 0 spiro atoms. The molecule has 1 aromatic heterocycles. The third kappa shape index (κ3) is 7.13. The molecule has 1 unspecified atom stereocenters. The number of carbonyl (C=O) groups is 1. The summed E-state index contributed by atoms with van der Waals surface area (Å²) in [6.45, 7) is -1.59. The first-order chi connectivity index (χ1) is 17.6. The Hall–Kier alpha value is -3.33. The van der Waals surface area contributed by atoms with E-state index in [4.69, 9.17) is 16.3 Å². The zero-order valence-corrected chi connectivity index (χ0v) is 20.6. The van der Waals surface area contributed by atoms with E-state index in [1.165, 1.54) is 12.3 Å². The molecule has 0 bridgehead atoms. The number of hydrogen-bond donors (Lipinski definition) is 2. The van der Waals surface area contributed by atoms with Gasteiger partial charge in [0.25, 0.3) is 0 Å². The maximum atomic E-state index is 14.8. The minimum absolute atomic E-state index is 0.00853. The van der Waals surface area contributed by atoms with Crippen molar-refractivity contribution in [2.45, 2.75) is 49.9 Å². The average molecular weight is 536 g/mol. The summed E-state index contributed by atoms with van der Waals surface area (Å²) in [4.78, 5) is 17.7. The highest BCUT2D eigenvalue weighted by atomic mass is 35.5. The fourth-order valence-electron chi connectivity index (χ4n) is 4.59. The molecule has 3 aromatic rings. The molecule has 1 aliphatic rings. The summed E-state index contributed by atoms with van der Waals surface area (Å²) >= 11 is 6.07. The highest BCUT2D eigenvalue weighted by Gasteiger charge is 2.39. The molecule has 2 N–H and O–H groups in total. The van der Waals surface area contributed by atoms with Gasteiger partial charge in [0.1, 0.15) is 17.1 Å². The fraction of sp³-hybridized carbons (Fsp3) is 0.333. The van der Waals surface area contributed by atoms with E-state index in [1.807, 2.05) is 30.3 Å². The van der Waals surface area contributed by atoms with Gasteiger partial charge in [-0.3, -0.25) is 4.98 Å². The van der Waals surface area contributed by atoms with E-state index in [9.17, 15) is 22.4 Å². The third-order valence-corrected chi connectivity index (χ3v) is 6.48. The number of ether oxygens (including phenoxy) is 1. The second kappa shape index (κ2) is 11.4. The van der Waals surface area contributed by atoms with Crippen molar-refractivity contribution < 1.29 is 27.1 Å². The summed E-state index contributed by atoms with van der Waals surface area (Å²) in [5, 5.41) is 6.30. The molecule has 1 fully saturated rings. The number of amides is 2. The van der Waals surface area contributed by atoms with Crippen molar-refractivity contribution in [2.24, 2.45) is 0 Å². The number of aromatic nitrogens is 1. The molecule has 2 amide bonds. The largest absolute Gasteiger partial charge is 0.484 e. The van der Waals surface area contributed by atoms with Crippen molar-refractivity contribution in [3.05, 3.63) is 94.5 Å². The molecule has 5 nitrogen and oxygen atoms in total. The van der Waals surface area contributed by atoms with Crippen LogP contribution >= 0.6 is 11.6 Å². The maximum Gasteiger partial charge on any atom is 0.422 e. The second-order valence-corrected chi connectivity index (χ2v) is 9.53. The SMILES string of the molecule is O=C(NC1CCCC1)NC(Cc1ccccc1)(c1cc(F)cc(OCC(F)(F)F)c1)c1ccc(Cl)cn1. The molecule has 0 aliphatic heterocycles. The van der Waals surface area contributed by atoms with Crippen LogP contribution in [0.1, 0.15) is 42.5 Å². The monoisotopic (exact) mass is 535 g/mol. The van der Waals surface area contributed by atoms with Crippen LogP contribution in [0.3, 0.4) is 0 Å². The number of nitrogens with zero attached hydrogens (tertiary/aromatic N) is 1. The van der Waals surface area contributed by atoms with Gasteiger partial charge in [0, 0.05) is 24.7 Å². The lowest BCUT2D eigenvalue weighted by Crippen LogP contribution is -2.54. The van der Waals surface area contributed by atoms with Crippen LogP contribution in [0, 0.1) is 5.82 Å². The van der Waals surface area contributed by atoms with Crippen molar-refractivity contribution >= 4 is 17.6 Å². The van der Waals surface area contributed by atoms with Crippen LogP contribution in [0.15, 0.2) is 66.9 Å². The van der Waals surface area contributed by atoms with E-state index in [1.54, 1.807) is 12.1 Å². The van der Waals surface area contributed by atoms with Gasteiger partial charge in [0.05, 0.1) is 10.7 Å². The lowest BCUT2D eigenvalue weighted by Gasteiger charge is -2.36. The summed E-state index contributed by atoms with van der Waals surface area (Å²) in [5.41, 5.74) is -0.186. The molecule has 4 rings (SSSR count). The Morgan fingerprint density at radius 2 is 1.78 bits per heavy atom. The molecule has 0 saturated heterocycles. The number of rotatable bonds is 8. The summed E-state index contributed by atoms with van der Waals surface area (Å²) in [6, 6.07) is 15.1. The van der Waals surface area contributed by atoms with Crippen LogP contribution < -0.4 is 15.4 Å². The molecule has 196 valence electrons. The van der Waals surface area contributed by atoms with Gasteiger partial charge in [-0.1, -0.05) is 54.8 Å². The number of pyridine rings is 1. The Balaban J connectivity index is 1.83. The van der Waals surface area contributed by atoms with Crippen LogP contribution in [0.25, 0.3) is 0 Å². The molecule has 2 aromatic carbocycles. The van der Waals surface area contributed by atoms with Gasteiger partial charge in [-0.05, 0) is 48.2 Å². The molecule has 1 saturated carbocycles. The Kier molecular flexibility index (Phi) is 8.22. The fourth-order valence-corrected chi connectivity index (χ4v) is 4.71. The predicted octanol–water partition coefficient (Wildman–Crippen LogP) is 6.54. The summed E-state index contributed by atoms with van der Waals surface area (Å²) < 4.78 is 58.2. The number of hydrogen-bond acceptors (Lipinski definition) is 3. The molecular formula is C27H26ClF4N3O2. The van der Waals surface area contributed by atoms with Gasteiger partial charge in [-0.25, -0.2) is 9.18 Å². The number of alkyl halides is 3. The quantitative estimate of drug-likeness (QED) is 0.322. The number of carbonyl (C=O) groups excluding carboxylic acids is 1. The summed E-state index contributed by atoms with van der Waals surface area (Å²) in [5.74, 6) is -1.14. The Labute approximate surface area is 217 Å². The lowest BCUT2D eigenvalue weighted by atomic mass is 9.80. The first-order valence-corrected chi connectivity index (χ1v) is 12.3. The van der Waals surface area contributed by atoms with Crippen molar-refractivity contribution in [1.29, 1.82) is 0 Å². The van der Waals surface area contributed by atoms with Gasteiger partial charge in [0.2, 0.25) is 0 Å². The minimum Gasteiger partial charge on any atom is -0.484 e. The predicted molar refractivity (Wildman–Crippen MR) is 132 cm³/mol. The van der Waals surface area contributed by atoms with Crippen molar-refractivity contribution in [3.63, 3.8) is 0 Å². The molecular weight excluding hydrogens is 510 g/mol. The minimum atomic E-state index is -4.61. The Bertz CT molecular complexity index is 1200. The van der Waals surface area contributed by atoms with E-state index in [2.05, 4.69) is 15.6 Å². The number of halogens is 5. The van der Waals surface area contributed by atoms with Crippen LogP contribution in [0.5, 0.6) is 5.75 Å². The highest BCUT2D eigenvalue weighted by molar-refractivity contribution is 6.30. The van der Waals surface area contributed by atoms with Gasteiger partial charge >= 0.3 is 12.2 Å². The van der Waals surface area contributed by atoms with Crippen molar-refractivity contribution in [3.8, 4) is 5.75 Å². The first kappa shape index (κ1) is 26.7. The van der Waals surface area contributed by atoms with E-state index < -0.39 is 30.2 Å². The van der Waals surface area contributed by atoms with Crippen molar-refractivity contribution in [2.75, 3.05) is 6.61 Å². The van der Waals surface area contributed by atoms with Gasteiger partial charge in [-0.2, -0.15) is 13.2 Å². The third-order valence-electron chi connectivity index (χ3n) is 6.26. The number of urea groups is 1. The van der Waals surface area contributed by atoms with Gasteiger partial charge < -0.3 is 15.4 Å². The number of nitrogens with one attached hydrogen (secondary N) is 2. The van der Waals surface area contributed by atoms with E-state index in [-0.39, 0.29) is 23.8 Å². The topological polar surface area (TPSA) is 63.2 Å². The van der Waals surface area contributed by atoms with E-state index in [0.29, 0.717) is 10.7 Å². The first-order valence-electron chi connectivity index (χ1n) is 11.9. The van der Waals surface area contributed by atoms with E-state index >= 15 is 0 Å². The lowest BCUT2D eigenvalue weighted by molar-refractivity contribution is -0.153. The zero-order valence-electron chi connectivity index (χ0n) is 19.8. The molecule has 1 heterocycles. The van der Waals surface area contributed by atoms with E-state index in [0.717, 1.165) is 43.4 Å². The standard InChI is InChI=1S/C27H26ClF4N3O2/c28-20-10-11-24(33-16-20)26(15-18-6-2-1-3-7-18,35-25(36)34-22-8-4-5-9-22)19-12-21(29)14-23(13-19)37-17-27(30,31)32/h1-3,6-7,10-14,16,22H,4-5,8-9,15,17H2,(H2,34,35,36). The molecule has 1 atom stereocenters. The Morgan fingerprint density at radius 1 is 1.05 bits per heavy atom. The summed E-state index contributed by atoms with van der Waals surface area (Å²) in [7, 11) is 0. The van der Waals surface area contributed by atoms with Crippen LogP contribution in [0.4, 0.5) is 22.4 Å². The smallest absolute Gasteiger partial charge is 0.422 e. The summed E-state index contributed by atoms with van der Waals surface area (Å²) in [6.07, 6.45) is 0.605. The van der Waals surface area contributed by atoms with Gasteiger partial charge in [0.15, 0.2) is 6.61 Å². The van der Waals surface area contributed by atoms with Crippen LogP contribution in [-0.2, 0) is 12.0 Å². The molecule has 1 aliphatic carbocycles. The van der Waals surface area contributed by atoms with Crippen LogP contribution in [0.2, 0.25) is 5.02 Å². The maximum absolute atomic E-state index is 14.8. The van der Waals surface area contributed by atoms with Crippen LogP contribution in [-0.4, -0.2) is 29.8 Å². The Morgan fingerprint density at radius 3 is 2.43 bits per heavy atom. The second-order valence-electron chi connectivity index (χ2n) is 9.09. The number of benzene rings is 2. The highest BCUT2D eigenvalue weighted by Crippen LogP contribution is 2.36. The zero-order chi connectivity index (χ0) is 26.5. The van der Waals surface area contributed by atoms with Crippen molar-refractivity contribution in [1.82, 2.24) is 15.6 Å². The molecule has 0 radical (unpaired) electrons.